The van der Waals surface area contributed by atoms with Crippen LogP contribution in [-0.2, 0) is 0 Å². The molecule has 0 spiro atoms. The predicted molar refractivity (Wildman–Crippen MR) is 178 cm³/mol. The minimum atomic E-state index is 0.0832. The van der Waals surface area contributed by atoms with Crippen LogP contribution in [-0.4, -0.2) is 16.2 Å². The molecule has 0 fully saturated rings. The lowest BCUT2D eigenvalue weighted by Crippen LogP contribution is -2.15. The Bertz CT molecular complexity index is 1990. The van der Waals surface area contributed by atoms with Crippen molar-refractivity contribution in [2.24, 2.45) is 10.9 Å². The fourth-order valence-electron chi connectivity index (χ4n) is 6.11. The first-order valence-electron chi connectivity index (χ1n) is 14.6. The number of fused-ring (bicyclic) bond motifs is 4. The zero-order chi connectivity index (χ0) is 28.6. The molecule has 1 aliphatic heterocycles. The van der Waals surface area contributed by atoms with Crippen molar-refractivity contribution in [1.29, 1.82) is 0 Å². The second-order valence-corrected chi connectivity index (χ2v) is 11.0. The smallest absolute Gasteiger partial charge is 0.102 e. The van der Waals surface area contributed by atoms with Crippen LogP contribution in [0.15, 0.2) is 151 Å². The van der Waals surface area contributed by atoms with E-state index in [1.807, 2.05) is 36.8 Å². The van der Waals surface area contributed by atoms with Gasteiger partial charge in [0.05, 0.1) is 17.6 Å². The van der Waals surface area contributed by atoms with Crippen LogP contribution in [0.5, 0.6) is 0 Å². The monoisotopic (exact) mass is 552 g/mol. The van der Waals surface area contributed by atoms with Crippen LogP contribution in [0.4, 0.5) is 17.1 Å². The summed E-state index contributed by atoms with van der Waals surface area (Å²) >= 11 is 0. The van der Waals surface area contributed by atoms with Gasteiger partial charge in [-0.15, -0.1) is 0 Å². The van der Waals surface area contributed by atoms with Gasteiger partial charge in [-0.05, 0) is 93.7 Å². The quantitative estimate of drug-likeness (QED) is 0.214. The lowest BCUT2D eigenvalue weighted by atomic mass is 9.86. The van der Waals surface area contributed by atoms with Gasteiger partial charge in [0.15, 0.2) is 0 Å². The Kier molecular flexibility index (Phi) is 6.23. The van der Waals surface area contributed by atoms with Crippen molar-refractivity contribution in [1.82, 2.24) is 9.97 Å². The molecule has 6 aromatic rings. The van der Waals surface area contributed by atoms with Gasteiger partial charge in [-0.3, -0.25) is 15.0 Å². The zero-order valence-electron chi connectivity index (χ0n) is 23.5. The Morgan fingerprint density at radius 3 is 2.07 bits per heavy atom. The third-order valence-electron chi connectivity index (χ3n) is 8.31. The first-order chi connectivity index (χ1) is 21.3. The van der Waals surface area contributed by atoms with Gasteiger partial charge < -0.3 is 4.90 Å². The largest absolute Gasteiger partial charge is 0.309 e. The molecule has 0 saturated heterocycles. The predicted octanol–water partition coefficient (Wildman–Crippen LogP) is 9.76. The Hall–Kier alpha value is -5.61. The summed E-state index contributed by atoms with van der Waals surface area (Å²) in [6.07, 6.45) is 16.2. The van der Waals surface area contributed by atoms with E-state index in [-0.39, 0.29) is 6.04 Å². The van der Waals surface area contributed by atoms with Gasteiger partial charge in [0, 0.05) is 41.5 Å². The second-order valence-electron chi connectivity index (χ2n) is 11.0. The molecule has 4 aromatic carbocycles. The Balaban J connectivity index is 1.08. The topological polar surface area (TPSA) is 41.4 Å². The van der Waals surface area contributed by atoms with Crippen LogP contribution in [0.2, 0.25) is 0 Å². The number of allylic oxidation sites excluding steroid dienone is 1. The Labute approximate surface area is 251 Å². The van der Waals surface area contributed by atoms with Crippen molar-refractivity contribution in [2.45, 2.75) is 6.04 Å². The third kappa shape index (κ3) is 4.73. The van der Waals surface area contributed by atoms with E-state index in [1.54, 1.807) is 6.20 Å². The van der Waals surface area contributed by atoms with E-state index in [0.717, 1.165) is 33.9 Å². The van der Waals surface area contributed by atoms with E-state index in [1.165, 1.54) is 27.5 Å². The Morgan fingerprint density at radius 2 is 1.30 bits per heavy atom. The lowest BCUT2D eigenvalue weighted by molar-refractivity contribution is 0.594. The number of aliphatic imine (C=N–C) groups is 1. The normalized spacial score (nSPS) is 16.6. The number of rotatable bonds is 5. The van der Waals surface area contributed by atoms with Gasteiger partial charge in [-0.2, -0.15) is 0 Å². The molecule has 2 aliphatic rings. The van der Waals surface area contributed by atoms with E-state index >= 15 is 0 Å². The molecule has 0 bridgehead atoms. The molecule has 4 heteroatoms. The molecule has 43 heavy (non-hydrogen) atoms. The molecule has 8 rings (SSSR count). The summed E-state index contributed by atoms with van der Waals surface area (Å²) in [5, 5.41) is 2.42. The van der Waals surface area contributed by atoms with Crippen molar-refractivity contribution in [3.05, 3.63) is 157 Å². The molecule has 0 amide bonds. The van der Waals surface area contributed by atoms with Crippen LogP contribution in [0.3, 0.4) is 0 Å². The number of hydrogen-bond donors (Lipinski definition) is 0. The first kappa shape index (κ1) is 25.1. The molecule has 1 aliphatic carbocycles. The molecular formula is C39H28N4. The van der Waals surface area contributed by atoms with Crippen LogP contribution in [0, 0.1) is 5.92 Å². The highest BCUT2D eigenvalue weighted by Gasteiger charge is 2.26. The summed E-state index contributed by atoms with van der Waals surface area (Å²) in [5.41, 5.74) is 10.1. The van der Waals surface area contributed by atoms with Gasteiger partial charge in [-0.1, -0.05) is 72.8 Å². The molecule has 4 nitrogen and oxygen atoms in total. The van der Waals surface area contributed by atoms with Gasteiger partial charge in [0.25, 0.3) is 0 Å². The van der Waals surface area contributed by atoms with Gasteiger partial charge in [-0.25, -0.2) is 0 Å². The minimum absolute atomic E-state index is 0.0832. The van der Waals surface area contributed by atoms with Gasteiger partial charge >= 0.3 is 0 Å². The number of dihydropyridines is 1. The molecule has 2 unspecified atom stereocenters. The molecule has 0 N–H and O–H groups in total. The van der Waals surface area contributed by atoms with Crippen LogP contribution in [0.1, 0.15) is 17.3 Å². The number of aromatic nitrogens is 2. The summed E-state index contributed by atoms with van der Waals surface area (Å²) in [6.45, 7) is 0. The van der Waals surface area contributed by atoms with Crippen molar-refractivity contribution < 1.29 is 0 Å². The fourth-order valence-corrected chi connectivity index (χ4v) is 6.11. The zero-order valence-corrected chi connectivity index (χ0v) is 23.5. The first-order valence-corrected chi connectivity index (χ1v) is 14.6. The van der Waals surface area contributed by atoms with E-state index < -0.39 is 0 Å². The Morgan fingerprint density at radius 1 is 0.581 bits per heavy atom. The molecule has 2 aromatic heterocycles. The molecular weight excluding hydrogens is 524 g/mol. The highest BCUT2D eigenvalue weighted by molar-refractivity contribution is 5.91. The number of benzene rings is 4. The second kappa shape index (κ2) is 10.7. The van der Waals surface area contributed by atoms with E-state index in [4.69, 9.17) is 4.98 Å². The maximum absolute atomic E-state index is 4.87. The SMILES string of the molecule is C1=CC2C=Cc3cc(-c4ccc5cc(-c6ccc(N(c7ccccc7)c7cccnc7)cc6)ccc5c4)cnc3C2N=C1. The number of hydrogen-bond acceptors (Lipinski definition) is 4. The summed E-state index contributed by atoms with van der Waals surface area (Å²) in [6, 6.07) is 38.9. The summed E-state index contributed by atoms with van der Waals surface area (Å²) in [4.78, 5) is 16.1. The summed E-state index contributed by atoms with van der Waals surface area (Å²) in [7, 11) is 0. The molecule has 3 heterocycles. The van der Waals surface area contributed by atoms with Crippen LogP contribution in [0.25, 0.3) is 39.1 Å². The fraction of sp³-hybridized carbons (Fsp3) is 0.0513. The van der Waals surface area contributed by atoms with Gasteiger partial charge in [0.1, 0.15) is 6.04 Å². The standard InChI is InChI=1S/C39H28N4/c1-2-7-35(8-3-1)43(37-9-5-20-40-26-37)36-18-16-27(17-19-36)29-11-12-31-23-32(14-13-30(31)22-29)34-24-33-15-10-28-6-4-21-41-38(28)39(33)42-25-34/h1-26,28,38H. The highest BCUT2D eigenvalue weighted by Crippen LogP contribution is 2.38. The number of anilines is 3. The van der Waals surface area contributed by atoms with Crippen LogP contribution < -0.4 is 4.90 Å². The van der Waals surface area contributed by atoms with Crippen molar-refractivity contribution in [3.8, 4) is 22.3 Å². The summed E-state index contributed by atoms with van der Waals surface area (Å²) in [5.74, 6) is 0.297. The maximum Gasteiger partial charge on any atom is 0.102 e. The number of nitrogens with zero attached hydrogens (tertiary/aromatic N) is 4. The van der Waals surface area contributed by atoms with Crippen molar-refractivity contribution >= 4 is 40.1 Å². The minimum Gasteiger partial charge on any atom is -0.309 e. The van der Waals surface area contributed by atoms with Crippen LogP contribution >= 0.6 is 0 Å². The average molecular weight is 553 g/mol. The third-order valence-corrected chi connectivity index (χ3v) is 8.31. The molecule has 2 atom stereocenters. The van der Waals surface area contributed by atoms with Gasteiger partial charge in [0.2, 0.25) is 0 Å². The number of para-hydroxylation sites is 1. The highest BCUT2D eigenvalue weighted by atomic mass is 15.1. The molecule has 0 saturated carbocycles. The summed E-state index contributed by atoms with van der Waals surface area (Å²) < 4.78 is 0. The van der Waals surface area contributed by atoms with Crippen molar-refractivity contribution in [2.75, 3.05) is 4.90 Å². The van der Waals surface area contributed by atoms with Crippen molar-refractivity contribution in [3.63, 3.8) is 0 Å². The van der Waals surface area contributed by atoms with E-state index in [2.05, 4.69) is 130 Å². The lowest BCUT2D eigenvalue weighted by Gasteiger charge is -2.25. The van der Waals surface area contributed by atoms with E-state index in [0.29, 0.717) is 5.92 Å². The number of pyridine rings is 2. The maximum atomic E-state index is 4.87. The molecule has 204 valence electrons. The average Bonchev–Trinajstić information content (AvgIpc) is 3.09. The van der Waals surface area contributed by atoms with E-state index in [9.17, 15) is 0 Å². The molecule has 0 radical (unpaired) electrons.